The van der Waals surface area contributed by atoms with Crippen LogP contribution in [-0.2, 0) is 6.42 Å². The largest absolute Gasteiger partial charge is 0.311 e. The van der Waals surface area contributed by atoms with Crippen molar-refractivity contribution < 1.29 is 0 Å². The summed E-state index contributed by atoms with van der Waals surface area (Å²) in [5, 5.41) is 6.66. The summed E-state index contributed by atoms with van der Waals surface area (Å²) in [6.45, 7) is 0. The number of fused-ring (bicyclic) bond motifs is 1. The van der Waals surface area contributed by atoms with Gasteiger partial charge in [-0.15, -0.1) is 22.7 Å². The van der Waals surface area contributed by atoms with E-state index in [4.69, 9.17) is 4.98 Å². The van der Waals surface area contributed by atoms with Crippen LogP contribution in [0.4, 0.5) is 0 Å². The van der Waals surface area contributed by atoms with Crippen LogP contribution < -0.4 is 5.32 Å². The second kappa shape index (κ2) is 5.71. The van der Waals surface area contributed by atoms with Crippen molar-refractivity contribution >= 4 is 48.8 Å². The Morgan fingerprint density at radius 2 is 2.21 bits per heavy atom. The monoisotopic (exact) mass is 352 g/mol. The van der Waals surface area contributed by atoms with Crippen molar-refractivity contribution in [3.63, 3.8) is 0 Å². The molecule has 0 aliphatic heterocycles. The number of nitrogens with one attached hydrogen (secondary N) is 1. The molecule has 3 aromatic rings. The van der Waals surface area contributed by atoms with Gasteiger partial charge in [0.05, 0.1) is 16.3 Å². The number of thiophene rings is 1. The molecule has 2 aromatic heterocycles. The van der Waals surface area contributed by atoms with Crippen molar-refractivity contribution in [2.24, 2.45) is 0 Å². The maximum Gasteiger partial charge on any atom is 0.111 e. The normalized spacial score (nSPS) is 12.9. The van der Waals surface area contributed by atoms with Crippen molar-refractivity contribution in [3.8, 4) is 0 Å². The van der Waals surface area contributed by atoms with Crippen LogP contribution in [0.15, 0.2) is 40.2 Å². The molecule has 2 nitrogen and oxygen atoms in total. The lowest BCUT2D eigenvalue weighted by Crippen LogP contribution is -2.18. The summed E-state index contributed by atoms with van der Waals surface area (Å²) >= 11 is 7.07. The molecule has 1 atom stereocenters. The topological polar surface area (TPSA) is 24.9 Å². The fourth-order valence-electron chi connectivity index (χ4n) is 2.01. The second-order valence-electron chi connectivity index (χ2n) is 4.30. The molecule has 0 fully saturated rings. The highest BCUT2D eigenvalue weighted by molar-refractivity contribution is 9.10. The average Bonchev–Trinajstić information content (AvgIpc) is 3.01. The molecule has 0 spiro atoms. The Kier molecular flexibility index (Phi) is 3.98. The molecule has 5 heteroatoms. The molecule has 98 valence electrons. The third-order valence-corrected chi connectivity index (χ3v) is 5.85. The SMILES string of the molecule is CNC(Cc1cc(Br)cs1)c1nc2ccccc2s1. The minimum absolute atomic E-state index is 0.281. The first kappa shape index (κ1) is 13.2. The lowest BCUT2D eigenvalue weighted by atomic mass is 10.2. The highest BCUT2D eigenvalue weighted by Gasteiger charge is 2.15. The summed E-state index contributed by atoms with van der Waals surface area (Å²) in [5.41, 5.74) is 1.09. The maximum absolute atomic E-state index is 4.74. The Morgan fingerprint density at radius 1 is 1.37 bits per heavy atom. The number of likely N-dealkylation sites (N-methyl/N-ethyl adjacent to an activating group) is 1. The van der Waals surface area contributed by atoms with Gasteiger partial charge >= 0.3 is 0 Å². The molecule has 1 aromatic carbocycles. The molecule has 0 radical (unpaired) electrons. The number of hydrogen-bond donors (Lipinski definition) is 1. The van der Waals surface area contributed by atoms with Gasteiger partial charge in [0.1, 0.15) is 5.01 Å². The summed E-state index contributed by atoms with van der Waals surface area (Å²) in [6.07, 6.45) is 0.979. The van der Waals surface area contributed by atoms with E-state index in [9.17, 15) is 0 Å². The number of thiazole rings is 1. The second-order valence-corrected chi connectivity index (χ2v) is 7.27. The van der Waals surface area contributed by atoms with Gasteiger partial charge in [-0.05, 0) is 41.2 Å². The fraction of sp³-hybridized carbons (Fsp3) is 0.214. The van der Waals surface area contributed by atoms with Crippen molar-refractivity contribution in [2.75, 3.05) is 7.05 Å². The van der Waals surface area contributed by atoms with Gasteiger partial charge in [0, 0.05) is 21.2 Å². The van der Waals surface area contributed by atoms with E-state index < -0.39 is 0 Å². The molecule has 0 amide bonds. The Balaban J connectivity index is 1.88. The molecule has 0 saturated heterocycles. The Hall–Kier alpha value is -0.750. The predicted molar refractivity (Wildman–Crippen MR) is 87.1 cm³/mol. The third kappa shape index (κ3) is 2.89. The Morgan fingerprint density at radius 3 is 2.89 bits per heavy atom. The molecule has 1 N–H and O–H groups in total. The standard InChI is InChI=1S/C14H13BrN2S2/c1-16-12(7-10-6-9(15)8-18-10)14-17-11-4-2-3-5-13(11)19-14/h2-6,8,12,16H,7H2,1H3. The van der Waals surface area contributed by atoms with E-state index in [1.165, 1.54) is 9.58 Å². The number of halogens is 1. The summed E-state index contributed by atoms with van der Waals surface area (Å²) < 4.78 is 2.41. The first-order chi connectivity index (χ1) is 9.26. The van der Waals surface area contributed by atoms with Gasteiger partial charge < -0.3 is 5.32 Å². The van der Waals surface area contributed by atoms with Crippen molar-refractivity contribution in [1.29, 1.82) is 0 Å². The number of para-hydroxylation sites is 1. The quantitative estimate of drug-likeness (QED) is 0.740. The van der Waals surface area contributed by atoms with Gasteiger partial charge in [0.2, 0.25) is 0 Å². The van der Waals surface area contributed by atoms with Crippen LogP contribution in [-0.4, -0.2) is 12.0 Å². The summed E-state index contributed by atoms with van der Waals surface area (Å²) in [7, 11) is 2.00. The van der Waals surface area contributed by atoms with E-state index in [0.717, 1.165) is 21.4 Å². The van der Waals surface area contributed by atoms with E-state index >= 15 is 0 Å². The van der Waals surface area contributed by atoms with Crippen LogP contribution in [0.5, 0.6) is 0 Å². The molecule has 0 aliphatic carbocycles. The number of benzene rings is 1. The van der Waals surface area contributed by atoms with E-state index in [2.05, 4.69) is 50.9 Å². The van der Waals surface area contributed by atoms with Crippen LogP contribution in [0.25, 0.3) is 10.2 Å². The van der Waals surface area contributed by atoms with Crippen molar-refractivity contribution in [3.05, 3.63) is 50.1 Å². The highest BCUT2D eigenvalue weighted by Crippen LogP contribution is 2.30. The van der Waals surface area contributed by atoms with Gasteiger partial charge in [-0.1, -0.05) is 12.1 Å². The number of hydrogen-bond acceptors (Lipinski definition) is 4. The summed E-state index contributed by atoms with van der Waals surface area (Å²) in [4.78, 5) is 6.10. The molecular formula is C14H13BrN2S2. The maximum atomic E-state index is 4.74. The molecule has 0 aliphatic rings. The molecule has 1 unspecified atom stereocenters. The zero-order chi connectivity index (χ0) is 13.2. The fourth-order valence-corrected chi connectivity index (χ4v) is 4.59. The Labute approximate surface area is 128 Å². The van der Waals surface area contributed by atoms with Gasteiger partial charge in [-0.3, -0.25) is 0 Å². The Bertz CT molecular complexity index is 656. The predicted octanol–water partition coefficient (Wildman–Crippen LogP) is 4.62. The van der Waals surface area contributed by atoms with E-state index in [0.29, 0.717) is 0 Å². The lowest BCUT2D eigenvalue weighted by molar-refractivity contribution is 0.594. The van der Waals surface area contributed by atoms with Crippen molar-refractivity contribution in [2.45, 2.75) is 12.5 Å². The first-order valence-corrected chi connectivity index (χ1v) is 8.51. The van der Waals surface area contributed by atoms with Crippen LogP contribution in [0.2, 0.25) is 0 Å². The molecule has 3 rings (SSSR count). The van der Waals surface area contributed by atoms with Gasteiger partial charge in [-0.25, -0.2) is 4.98 Å². The zero-order valence-corrected chi connectivity index (χ0v) is 13.6. The smallest absolute Gasteiger partial charge is 0.111 e. The lowest BCUT2D eigenvalue weighted by Gasteiger charge is -2.11. The van der Waals surface area contributed by atoms with E-state index in [-0.39, 0.29) is 6.04 Å². The van der Waals surface area contributed by atoms with Crippen LogP contribution in [0.1, 0.15) is 15.9 Å². The average molecular weight is 353 g/mol. The van der Waals surface area contributed by atoms with Crippen LogP contribution in [0.3, 0.4) is 0 Å². The molecule has 19 heavy (non-hydrogen) atoms. The first-order valence-electron chi connectivity index (χ1n) is 6.02. The minimum Gasteiger partial charge on any atom is -0.311 e. The molecule has 0 bridgehead atoms. The molecule has 2 heterocycles. The third-order valence-electron chi connectivity index (χ3n) is 2.98. The molecule has 0 saturated carbocycles. The number of rotatable bonds is 4. The number of aromatic nitrogens is 1. The van der Waals surface area contributed by atoms with Crippen molar-refractivity contribution in [1.82, 2.24) is 10.3 Å². The van der Waals surface area contributed by atoms with E-state index in [1.54, 1.807) is 22.7 Å². The highest BCUT2D eigenvalue weighted by atomic mass is 79.9. The van der Waals surface area contributed by atoms with Gasteiger partial charge in [0.15, 0.2) is 0 Å². The zero-order valence-electron chi connectivity index (χ0n) is 10.4. The number of nitrogens with zero attached hydrogens (tertiary/aromatic N) is 1. The summed E-state index contributed by atoms with van der Waals surface area (Å²) in [5.74, 6) is 0. The van der Waals surface area contributed by atoms with Crippen LogP contribution in [0, 0.1) is 0 Å². The molecular weight excluding hydrogens is 340 g/mol. The van der Waals surface area contributed by atoms with Crippen LogP contribution >= 0.6 is 38.6 Å². The van der Waals surface area contributed by atoms with E-state index in [1.807, 2.05) is 13.1 Å². The summed E-state index contributed by atoms with van der Waals surface area (Å²) in [6, 6.07) is 10.8. The minimum atomic E-state index is 0.281. The van der Waals surface area contributed by atoms with Gasteiger partial charge in [0.25, 0.3) is 0 Å². The van der Waals surface area contributed by atoms with Gasteiger partial charge in [-0.2, -0.15) is 0 Å².